The number of primary amides is 1. The summed E-state index contributed by atoms with van der Waals surface area (Å²) in [6, 6.07) is 13.5. The van der Waals surface area contributed by atoms with Crippen molar-refractivity contribution < 1.29 is 19.5 Å². The number of fused-ring (bicyclic) bond motifs is 2. The van der Waals surface area contributed by atoms with Gasteiger partial charge in [-0.3, -0.25) is 9.59 Å². The molecule has 7 heteroatoms. The van der Waals surface area contributed by atoms with E-state index in [2.05, 4.69) is 0 Å². The quantitative estimate of drug-likeness (QED) is 0.696. The van der Waals surface area contributed by atoms with Crippen molar-refractivity contribution in [3.05, 3.63) is 48.0 Å². The Bertz CT molecular complexity index is 1030. The van der Waals surface area contributed by atoms with Gasteiger partial charge in [0, 0.05) is 26.6 Å². The summed E-state index contributed by atoms with van der Waals surface area (Å²) in [5.74, 6) is -1.09. The molecule has 2 aliphatic rings. The molecular weight excluding hydrogens is 418 g/mol. The van der Waals surface area contributed by atoms with Crippen molar-refractivity contribution in [2.75, 3.05) is 13.6 Å². The number of benzene rings is 2. The minimum atomic E-state index is -1.02. The van der Waals surface area contributed by atoms with E-state index in [0.29, 0.717) is 19.0 Å². The minimum absolute atomic E-state index is 0.0860. The standard InChI is InChI=1S/C26H33N3O4/c1-28(16-19-10-6-9-17-7-2-4-11-20(17)19)25(31)22(15-23(27)30)24-21-12-5-3-8-18(21)13-14-29(24)26(32)33/h2,4,6-7,9-11,18,21-22,24H,3,5,8,12-16H2,1H3,(H2,27,30)(H,32,33). The fourth-order valence-electron chi connectivity index (χ4n) is 6.09. The van der Waals surface area contributed by atoms with Gasteiger partial charge in [-0.25, -0.2) is 4.79 Å². The van der Waals surface area contributed by atoms with E-state index in [1.807, 2.05) is 42.5 Å². The Balaban J connectivity index is 1.64. The summed E-state index contributed by atoms with van der Waals surface area (Å²) in [7, 11) is 1.73. The van der Waals surface area contributed by atoms with Crippen molar-refractivity contribution in [2.24, 2.45) is 23.5 Å². The van der Waals surface area contributed by atoms with Crippen molar-refractivity contribution >= 4 is 28.7 Å². The third-order valence-electron chi connectivity index (χ3n) is 7.57. The van der Waals surface area contributed by atoms with Crippen LogP contribution in [0.4, 0.5) is 4.79 Å². The molecule has 1 saturated carbocycles. The first-order valence-electron chi connectivity index (χ1n) is 11.9. The van der Waals surface area contributed by atoms with Crippen molar-refractivity contribution in [3.8, 4) is 0 Å². The molecular formula is C26H33N3O4. The van der Waals surface area contributed by atoms with Crippen LogP contribution in [0.5, 0.6) is 0 Å². The number of piperidine rings is 1. The molecule has 1 aliphatic carbocycles. The Kier molecular flexibility index (Phi) is 6.86. The van der Waals surface area contributed by atoms with E-state index >= 15 is 0 Å². The highest BCUT2D eigenvalue weighted by atomic mass is 16.4. The lowest BCUT2D eigenvalue weighted by Crippen LogP contribution is -2.58. The van der Waals surface area contributed by atoms with Gasteiger partial charge in [-0.2, -0.15) is 0 Å². The highest BCUT2D eigenvalue weighted by Gasteiger charge is 2.47. The van der Waals surface area contributed by atoms with Gasteiger partial charge < -0.3 is 20.6 Å². The molecule has 3 N–H and O–H groups in total. The Hall–Kier alpha value is -3.09. The van der Waals surface area contributed by atoms with E-state index in [0.717, 1.165) is 48.4 Å². The first-order valence-corrected chi connectivity index (χ1v) is 11.9. The van der Waals surface area contributed by atoms with Crippen LogP contribution in [-0.4, -0.2) is 52.4 Å². The van der Waals surface area contributed by atoms with Gasteiger partial charge >= 0.3 is 6.09 Å². The Morgan fingerprint density at radius 2 is 1.82 bits per heavy atom. The number of rotatable bonds is 6. The summed E-state index contributed by atoms with van der Waals surface area (Å²) in [6.45, 7) is 0.778. The van der Waals surface area contributed by atoms with Gasteiger partial charge in [0.2, 0.25) is 11.8 Å². The molecule has 176 valence electrons. The molecule has 0 bridgehead atoms. The third kappa shape index (κ3) is 4.82. The molecule has 2 aromatic carbocycles. The van der Waals surface area contributed by atoms with Crippen molar-refractivity contribution in [1.29, 1.82) is 0 Å². The number of carboxylic acid groups (broad SMARTS) is 1. The number of carbonyl (C=O) groups excluding carboxylic acids is 2. The highest BCUT2D eigenvalue weighted by Crippen LogP contribution is 2.43. The smallest absolute Gasteiger partial charge is 0.407 e. The number of nitrogens with zero attached hydrogens (tertiary/aromatic N) is 2. The van der Waals surface area contributed by atoms with Crippen LogP contribution in [0.3, 0.4) is 0 Å². The number of nitrogens with two attached hydrogens (primary N) is 1. The molecule has 2 aromatic rings. The average Bonchev–Trinajstić information content (AvgIpc) is 2.81. The second kappa shape index (κ2) is 9.81. The van der Waals surface area contributed by atoms with Crippen molar-refractivity contribution in [2.45, 2.75) is 51.1 Å². The van der Waals surface area contributed by atoms with Gasteiger partial charge in [0.05, 0.1) is 12.0 Å². The van der Waals surface area contributed by atoms with Crippen LogP contribution in [-0.2, 0) is 16.1 Å². The zero-order valence-corrected chi connectivity index (χ0v) is 19.2. The van der Waals surface area contributed by atoms with E-state index in [4.69, 9.17) is 5.73 Å². The van der Waals surface area contributed by atoms with Crippen LogP contribution < -0.4 is 5.73 Å². The molecule has 3 amide bonds. The van der Waals surface area contributed by atoms with Crippen LogP contribution in [0, 0.1) is 17.8 Å². The summed E-state index contributed by atoms with van der Waals surface area (Å²) in [5, 5.41) is 12.1. The maximum atomic E-state index is 13.8. The molecule has 0 spiro atoms. The summed E-state index contributed by atoms with van der Waals surface area (Å²) in [5.41, 5.74) is 6.59. The third-order valence-corrected chi connectivity index (χ3v) is 7.57. The number of likely N-dealkylation sites (tertiary alicyclic amines) is 1. The lowest BCUT2D eigenvalue weighted by molar-refractivity contribution is -0.142. The molecule has 1 heterocycles. The first-order chi connectivity index (χ1) is 15.9. The Labute approximate surface area is 194 Å². The summed E-state index contributed by atoms with van der Waals surface area (Å²) in [4.78, 5) is 41.0. The molecule has 4 rings (SSSR count). The maximum absolute atomic E-state index is 13.8. The minimum Gasteiger partial charge on any atom is -0.465 e. The van der Waals surface area contributed by atoms with Crippen molar-refractivity contribution in [3.63, 3.8) is 0 Å². The second-order valence-electron chi connectivity index (χ2n) is 9.57. The Morgan fingerprint density at radius 3 is 2.58 bits per heavy atom. The molecule has 4 unspecified atom stereocenters. The van der Waals surface area contributed by atoms with Gasteiger partial charge in [0.1, 0.15) is 0 Å². The molecule has 33 heavy (non-hydrogen) atoms. The van der Waals surface area contributed by atoms with Gasteiger partial charge in [-0.15, -0.1) is 0 Å². The summed E-state index contributed by atoms with van der Waals surface area (Å²) in [6.07, 6.45) is 3.74. The van der Waals surface area contributed by atoms with Crippen LogP contribution in [0.1, 0.15) is 44.1 Å². The maximum Gasteiger partial charge on any atom is 0.407 e. The van der Waals surface area contributed by atoms with Crippen LogP contribution >= 0.6 is 0 Å². The molecule has 0 radical (unpaired) electrons. The SMILES string of the molecule is CN(Cc1cccc2ccccc12)C(=O)C(CC(N)=O)C1C2CCCCC2CCN1C(=O)O. The normalized spacial score (nSPS) is 23.5. The van der Waals surface area contributed by atoms with Gasteiger partial charge in [-0.1, -0.05) is 61.7 Å². The second-order valence-corrected chi connectivity index (χ2v) is 9.57. The van der Waals surface area contributed by atoms with Crippen LogP contribution in [0.15, 0.2) is 42.5 Å². The van der Waals surface area contributed by atoms with Gasteiger partial charge in [-0.05, 0) is 41.0 Å². The van der Waals surface area contributed by atoms with Gasteiger partial charge in [0.15, 0.2) is 0 Å². The lowest BCUT2D eigenvalue weighted by atomic mass is 9.67. The molecule has 7 nitrogen and oxygen atoms in total. The number of carbonyl (C=O) groups is 3. The average molecular weight is 452 g/mol. The Morgan fingerprint density at radius 1 is 1.09 bits per heavy atom. The van der Waals surface area contributed by atoms with Crippen molar-refractivity contribution in [1.82, 2.24) is 9.80 Å². The summed E-state index contributed by atoms with van der Waals surface area (Å²) >= 11 is 0. The van der Waals surface area contributed by atoms with E-state index in [-0.39, 0.29) is 18.2 Å². The number of hydrogen-bond acceptors (Lipinski definition) is 3. The summed E-state index contributed by atoms with van der Waals surface area (Å²) < 4.78 is 0. The monoisotopic (exact) mass is 451 g/mol. The molecule has 1 saturated heterocycles. The zero-order chi connectivity index (χ0) is 23.5. The molecule has 4 atom stereocenters. The van der Waals surface area contributed by atoms with Crippen LogP contribution in [0.25, 0.3) is 10.8 Å². The van der Waals surface area contributed by atoms with Gasteiger partial charge in [0.25, 0.3) is 0 Å². The predicted octanol–water partition coefficient (Wildman–Crippen LogP) is 3.85. The van der Waals surface area contributed by atoms with E-state index in [1.54, 1.807) is 11.9 Å². The largest absolute Gasteiger partial charge is 0.465 e. The predicted molar refractivity (Wildman–Crippen MR) is 126 cm³/mol. The van der Waals surface area contributed by atoms with E-state index in [1.165, 1.54) is 4.90 Å². The molecule has 2 fully saturated rings. The number of hydrogen-bond donors (Lipinski definition) is 2. The fraction of sp³-hybridized carbons (Fsp3) is 0.500. The van der Waals surface area contributed by atoms with Crippen LogP contribution in [0.2, 0.25) is 0 Å². The topological polar surface area (TPSA) is 104 Å². The van der Waals surface area contributed by atoms with E-state index in [9.17, 15) is 19.5 Å². The zero-order valence-electron chi connectivity index (χ0n) is 19.2. The number of amides is 3. The molecule has 0 aromatic heterocycles. The lowest BCUT2D eigenvalue weighted by Gasteiger charge is -2.49. The fourth-order valence-corrected chi connectivity index (χ4v) is 6.09. The van der Waals surface area contributed by atoms with E-state index < -0.39 is 24.0 Å². The highest BCUT2D eigenvalue weighted by molar-refractivity contribution is 5.88. The molecule has 1 aliphatic heterocycles. The first kappa shape index (κ1) is 23.1.